The molecule has 9 heteroatoms. The number of nitro groups is 1. The second-order valence-corrected chi connectivity index (χ2v) is 6.08. The molecule has 0 heterocycles. The van der Waals surface area contributed by atoms with Gasteiger partial charge in [-0.1, -0.05) is 0 Å². The average molecular weight is 338 g/mol. The molecule has 0 unspecified atom stereocenters. The summed E-state index contributed by atoms with van der Waals surface area (Å²) in [7, 11) is -1.27. The van der Waals surface area contributed by atoms with Crippen LogP contribution < -0.4 is 14.2 Å². The standard InChI is InChI=1S/C14H14N2O6S/c1-21-12-6-3-10(4-7-12)15-23(19,20)14-9-11(16(17)18)5-8-13(14)22-2/h3-9,15H,1-2H3. The number of anilines is 1. The van der Waals surface area contributed by atoms with Gasteiger partial charge in [-0.25, -0.2) is 8.42 Å². The summed E-state index contributed by atoms with van der Waals surface area (Å²) in [6.45, 7) is 0. The zero-order valence-corrected chi connectivity index (χ0v) is 13.2. The summed E-state index contributed by atoms with van der Waals surface area (Å²) in [5.74, 6) is 0.581. The summed E-state index contributed by atoms with van der Waals surface area (Å²) in [4.78, 5) is 9.85. The third-order valence-electron chi connectivity index (χ3n) is 2.99. The van der Waals surface area contributed by atoms with Gasteiger partial charge in [0.1, 0.15) is 16.4 Å². The Morgan fingerprint density at radius 1 is 1.04 bits per heavy atom. The summed E-state index contributed by atoms with van der Waals surface area (Å²) in [5.41, 5.74) is -0.0553. The Bertz CT molecular complexity index is 818. The molecule has 0 spiro atoms. The number of sulfonamides is 1. The van der Waals surface area contributed by atoms with Crippen molar-refractivity contribution in [2.75, 3.05) is 18.9 Å². The second-order valence-electron chi connectivity index (χ2n) is 4.43. The molecule has 0 amide bonds. The largest absolute Gasteiger partial charge is 0.497 e. The van der Waals surface area contributed by atoms with Gasteiger partial charge in [-0.2, -0.15) is 0 Å². The van der Waals surface area contributed by atoms with Gasteiger partial charge in [-0.3, -0.25) is 14.8 Å². The SMILES string of the molecule is COc1ccc(NS(=O)(=O)c2cc([N+](=O)[O-])ccc2OC)cc1. The van der Waals surface area contributed by atoms with E-state index in [-0.39, 0.29) is 16.3 Å². The van der Waals surface area contributed by atoms with E-state index < -0.39 is 14.9 Å². The van der Waals surface area contributed by atoms with E-state index in [0.29, 0.717) is 11.4 Å². The van der Waals surface area contributed by atoms with E-state index in [1.165, 1.54) is 38.5 Å². The van der Waals surface area contributed by atoms with Gasteiger partial charge in [0, 0.05) is 17.8 Å². The molecule has 0 aromatic heterocycles. The van der Waals surface area contributed by atoms with Gasteiger partial charge >= 0.3 is 0 Å². The van der Waals surface area contributed by atoms with Gasteiger partial charge in [0.2, 0.25) is 0 Å². The highest BCUT2D eigenvalue weighted by atomic mass is 32.2. The van der Waals surface area contributed by atoms with Crippen molar-refractivity contribution in [3.8, 4) is 11.5 Å². The zero-order valence-electron chi connectivity index (χ0n) is 12.3. The monoisotopic (exact) mass is 338 g/mol. The minimum Gasteiger partial charge on any atom is -0.497 e. The summed E-state index contributed by atoms with van der Waals surface area (Å²) in [5, 5.41) is 10.8. The van der Waals surface area contributed by atoms with E-state index in [9.17, 15) is 18.5 Å². The van der Waals surface area contributed by atoms with E-state index in [0.717, 1.165) is 6.07 Å². The van der Waals surface area contributed by atoms with Crippen LogP contribution in [0.4, 0.5) is 11.4 Å². The van der Waals surface area contributed by atoms with Gasteiger partial charge in [0.05, 0.1) is 19.1 Å². The van der Waals surface area contributed by atoms with Crippen molar-refractivity contribution in [1.29, 1.82) is 0 Å². The Morgan fingerprint density at radius 3 is 2.22 bits per heavy atom. The number of nitrogens with one attached hydrogen (secondary N) is 1. The first-order valence-electron chi connectivity index (χ1n) is 6.36. The number of nitrogens with zero attached hydrogens (tertiary/aromatic N) is 1. The maximum absolute atomic E-state index is 12.5. The summed E-state index contributed by atoms with van der Waals surface area (Å²) in [6, 6.07) is 9.56. The van der Waals surface area contributed by atoms with E-state index in [4.69, 9.17) is 9.47 Å². The smallest absolute Gasteiger partial charge is 0.271 e. The maximum Gasteiger partial charge on any atom is 0.271 e. The van der Waals surface area contributed by atoms with Crippen molar-refractivity contribution >= 4 is 21.4 Å². The number of methoxy groups -OCH3 is 2. The lowest BCUT2D eigenvalue weighted by Crippen LogP contribution is -2.14. The van der Waals surface area contributed by atoms with Crippen molar-refractivity contribution in [2.24, 2.45) is 0 Å². The molecule has 0 atom stereocenters. The van der Waals surface area contributed by atoms with Crippen LogP contribution in [0.3, 0.4) is 0 Å². The molecular weight excluding hydrogens is 324 g/mol. The quantitative estimate of drug-likeness (QED) is 0.640. The molecule has 0 saturated heterocycles. The summed E-state index contributed by atoms with van der Waals surface area (Å²) < 4.78 is 37.2. The molecule has 0 saturated carbocycles. The van der Waals surface area contributed by atoms with Gasteiger partial charge in [-0.05, 0) is 30.3 Å². The third kappa shape index (κ3) is 3.69. The molecule has 1 N–H and O–H groups in total. The Morgan fingerprint density at radius 2 is 1.70 bits per heavy atom. The van der Waals surface area contributed by atoms with Crippen LogP contribution in [0.2, 0.25) is 0 Å². The number of benzene rings is 2. The molecule has 0 fully saturated rings. The predicted molar refractivity (Wildman–Crippen MR) is 83.5 cm³/mol. The molecule has 0 aliphatic carbocycles. The van der Waals surface area contributed by atoms with E-state index in [2.05, 4.69) is 4.72 Å². The van der Waals surface area contributed by atoms with E-state index in [1.54, 1.807) is 12.1 Å². The highest BCUT2D eigenvalue weighted by molar-refractivity contribution is 7.92. The number of nitro benzene ring substituents is 1. The predicted octanol–water partition coefficient (Wildman–Crippen LogP) is 2.41. The van der Waals surface area contributed by atoms with E-state index >= 15 is 0 Å². The summed E-state index contributed by atoms with van der Waals surface area (Å²) in [6.07, 6.45) is 0. The number of ether oxygens (including phenoxy) is 2. The Labute approximate surface area is 132 Å². The van der Waals surface area contributed by atoms with Gasteiger partial charge in [-0.15, -0.1) is 0 Å². The van der Waals surface area contributed by atoms with Crippen molar-refractivity contribution < 1.29 is 22.8 Å². The maximum atomic E-state index is 12.5. The zero-order chi connectivity index (χ0) is 17.0. The fourth-order valence-corrected chi connectivity index (χ4v) is 3.11. The van der Waals surface area contributed by atoms with Crippen LogP contribution in [-0.2, 0) is 10.0 Å². The van der Waals surface area contributed by atoms with Crippen LogP contribution in [0.15, 0.2) is 47.4 Å². The lowest BCUT2D eigenvalue weighted by molar-refractivity contribution is -0.385. The number of hydrogen-bond donors (Lipinski definition) is 1. The third-order valence-corrected chi connectivity index (χ3v) is 4.39. The van der Waals surface area contributed by atoms with Gasteiger partial charge in [0.25, 0.3) is 15.7 Å². The molecule has 0 radical (unpaired) electrons. The molecule has 0 bridgehead atoms. The number of non-ortho nitro benzene ring substituents is 1. The topological polar surface area (TPSA) is 108 Å². The molecule has 2 aromatic rings. The highest BCUT2D eigenvalue weighted by Crippen LogP contribution is 2.30. The molecule has 2 aromatic carbocycles. The van der Waals surface area contributed by atoms with Crippen molar-refractivity contribution in [3.63, 3.8) is 0 Å². The van der Waals surface area contributed by atoms with E-state index in [1.807, 2.05) is 0 Å². The lowest BCUT2D eigenvalue weighted by Gasteiger charge is -2.11. The molecule has 0 aliphatic heterocycles. The van der Waals surface area contributed by atoms with Crippen LogP contribution in [0.1, 0.15) is 0 Å². The first kappa shape index (κ1) is 16.6. The van der Waals surface area contributed by atoms with Crippen LogP contribution in [0, 0.1) is 10.1 Å². The van der Waals surface area contributed by atoms with Crippen molar-refractivity contribution in [1.82, 2.24) is 0 Å². The van der Waals surface area contributed by atoms with Crippen molar-refractivity contribution in [3.05, 3.63) is 52.6 Å². The number of hydrogen-bond acceptors (Lipinski definition) is 6. The molecule has 122 valence electrons. The highest BCUT2D eigenvalue weighted by Gasteiger charge is 2.23. The fraction of sp³-hybridized carbons (Fsp3) is 0.143. The lowest BCUT2D eigenvalue weighted by atomic mass is 10.3. The minimum absolute atomic E-state index is 0.0108. The number of rotatable bonds is 6. The Kier molecular flexibility index (Phi) is 4.70. The van der Waals surface area contributed by atoms with Gasteiger partial charge in [0.15, 0.2) is 0 Å². The van der Waals surface area contributed by atoms with Crippen molar-refractivity contribution in [2.45, 2.75) is 4.90 Å². The van der Waals surface area contributed by atoms with Crippen LogP contribution in [0.25, 0.3) is 0 Å². The summed E-state index contributed by atoms with van der Waals surface area (Å²) >= 11 is 0. The first-order valence-corrected chi connectivity index (χ1v) is 7.85. The first-order chi connectivity index (χ1) is 10.9. The van der Waals surface area contributed by atoms with Crippen LogP contribution >= 0.6 is 0 Å². The van der Waals surface area contributed by atoms with Gasteiger partial charge < -0.3 is 9.47 Å². The normalized spacial score (nSPS) is 10.9. The molecule has 23 heavy (non-hydrogen) atoms. The molecular formula is C14H14N2O6S. The second kappa shape index (κ2) is 6.53. The fourth-order valence-electron chi connectivity index (χ4n) is 1.86. The van der Waals surface area contributed by atoms with Crippen LogP contribution in [0.5, 0.6) is 11.5 Å². The average Bonchev–Trinajstić information content (AvgIpc) is 2.54. The molecule has 0 aliphatic rings. The molecule has 8 nitrogen and oxygen atoms in total. The Hall–Kier alpha value is -2.81. The van der Waals surface area contributed by atoms with Crippen LogP contribution in [-0.4, -0.2) is 27.6 Å². The Balaban J connectivity index is 2.41. The molecule has 2 rings (SSSR count). The minimum atomic E-state index is -4.05.